The highest BCUT2D eigenvalue weighted by atomic mass is 16.4. The minimum absolute atomic E-state index is 0.0803. The van der Waals surface area contributed by atoms with Gasteiger partial charge in [-0.1, -0.05) is 24.3 Å². The molecule has 0 atom stereocenters. The molecule has 1 aliphatic rings. The molecule has 0 saturated heterocycles. The van der Waals surface area contributed by atoms with Gasteiger partial charge in [0.05, 0.1) is 5.69 Å². The van der Waals surface area contributed by atoms with E-state index in [0.29, 0.717) is 11.4 Å². The minimum Gasteiger partial charge on any atom is -0.448 e. The lowest BCUT2D eigenvalue weighted by Gasteiger charge is -2.03. The number of anilines is 1. The molecule has 0 radical (unpaired) electrons. The number of nitrogen functional groups attached to an aromatic ring is 1. The van der Waals surface area contributed by atoms with Crippen LogP contribution in [-0.4, -0.2) is 5.91 Å². The SMILES string of the molecule is NC(=O)c1oc2c(c1N)CCCc1ccccc1-2. The van der Waals surface area contributed by atoms with Crippen LogP contribution in [0.25, 0.3) is 11.3 Å². The molecule has 1 amide bonds. The lowest BCUT2D eigenvalue weighted by molar-refractivity contribution is 0.0976. The monoisotopic (exact) mass is 242 g/mol. The van der Waals surface area contributed by atoms with Crippen LogP contribution in [0.3, 0.4) is 0 Å². The van der Waals surface area contributed by atoms with Crippen molar-refractivity contribution in [3.8, 4) is 11.3 Å². The minimum atomic E-state index is -0.613. The largest absolute Gasteiger partial charge is 0.448 e. The smallest absolute Gasteiger partial charge is 0.286 e. The first-order valence-electron chi connectivity index (χ1n) is 5.97. The fourth-order valence-corrected chi connectivity index (χ4v) is 2.54. The molecule has 0 saturated carbocycles. The van der Waals surface area contributed by atoms with Crippen molar-refractivity contribution in [2.75, 3.05) is 5.73 Å². The van der Waals surface area contributed by atoms with Crippen LogP contribution in [0.15, 0.2) is 28.7 Å². The van der Waals surface area contributed by atoms with Crippen molar-refractivity contribution in [3.05, 3.63) is 41.2 Å². The first kappa shape index (κ1) is 10.9. The number of hydrogen-bond donors (Lipinski definition) is 2. The lowest BCUT2D eigenvalue weighted by atomic mass is 10.0. The number of nitrogens with two attached hydrogens (primary N) is 2. The number of amides is 1. The summed E-state index contributed by atoms with van der Waals surface area (Å²) in [5.41, 5.74) is 14.8. The van der Waals surface area contributed by atoms with Crippen molar-refractivity contribution in [3.63, 3.8) is 0 Å². The summed E-state index contributed by atoms with van der Waals surface area (Å²) >= 11 is 0. The number of primary amides is 1. The number of fused-ring (bicyclic) bond motifs is 3. The summed E-state index contributed by atoms with van der Waals surface area (Å²) in [4.78, 5) is 11.3. The fraction of sp³-hybridized carbons (Fsp3) is 0.214. The number of benzene rings is 1. The van der Waals surface area contributed by atoms with Crippen LogP contribution >= 0.6 is 0 Å². The first-order chi connectivity index (χ1) is 8.68. The third-order valence-corrected chi connectivity index (χ3v) is 3.41. The van der Waals surface area contributed by atoms with Crippen molar-refractivity contribution in [2.45, 2.75) is 19.3 Å². The van der Waals surface area contributed by atoms with E-state index in [2.05, 4.69) is 6.07 Å². The number of aryl methyl sites for hydroxylation is 1. The Morgan fingerprint density at radius 2 is 2.00 bits per heavy atom. The lowest BCUT2D eigenvalue weighted by Crippen LogP contribution is -2.12. The first-order valence-corrected chi connectivity index (χ1v) is 5.97. The summed E-state index contributed by atoms with van der Waals surface area (Å²) in [6.07, 6.45) is 2.80. The molecule has 3 rings (SSSR count). The van der Waals surface area contributed by atoms with Crippen LogP contribution in [-0.2, 0) is 12.8 Å². The molecule has 18 heavy (non-hydrogen) atoms. The van der Waals surface area contributed by atoms with Gasteiger partial charge in [0.1, 0.15) is 5.76 Å². The van der Waals surface area contributed by atoms with Crippen LogP contribution in [0.4, 0.5) is 5.69 Å². The van der Waals surface area contributed by atoms with Crippen LogP contribution in [0.2, 0.25) is 0 Å². The zero-order valence-corrected chi connectivity index (χ0v) is 9.90. The molecule has 0 bridgehead atoms. The van der Waals surface area contributed by atoms with Crippen molar-refractivity contribution in [1.29, 1.82) is 0 Å². The summed E-state index contributed by atoms with van der Waals surface area (Å²) in [5, 5.41) is 0. The third kappa shape index (κ3) is 1.49. The Kier molecular flexibility index (Phi) is 2.37. The Bertz CT molecular complexity index is 629. The van der Waals surface area contributed by atoms with Gasteiger partial charge in [0, 0.05) is 11.1 Å². The summed E-state index contributed by atoms with van der Waals surface area (Å²) in [7, 11) is 0. The molecule has 2 aromatic rings. The highest BCUT2D eigenvalue weighted by molar-refractivity contribution is 5.97. The number of carbonyl (C=O) groups is 1. The van der Waals surface area contributed by atoms with E-state index in [4.69, 9.17) is 15.9 Å². The van der Waals surface area contributed by atoms with Gasteiger partial charge in [-0.25, -0.2) is 0 Å². The zero-order chi connectivity index (χ0) is 12.7. The van der Waals surface area contributed by atoms with E-state index in [9.17, 15) is 4.79 Å². The van der Waals surface area contributed by atoms with E-state index in [1.807, 2.05) is 18.2 Å². The van der Waals surface area contributed by atoms with Gasteiger partial charge in [0.15, 0.2) is 0 Å². The molecule has 1 heterocycles. The Morgan fingerprint density at radius 3 is 2.78 bits per heavy atom. The molecule has 1 aliphatic carbocycles. The summed E-state index contributed by atoms with van der Waals surface area (Å²) in [5.74, 6) is 0.171. The maximum absolute atomic E-state index is 11.3. The number of hydrogen-bond acceptors (Lipinski definition) is 3. The molecule has 92 valence electrons. The van der Waals surface area contributed by atoms with Gasteiger partial charge in [-0.05, 0) is 24.8 Å². The molecule has 4 nitrogen and oxygen atoms in total. The van der Waals surface area contributed by atoms with Gasteiger partial charge in [0.2, 0.25) is 5.76 Å². The van der Waals surface area contributed by atoms with Crippen molar-refractivity contribution in [1.82, 2.24) is 0 Å². The van der Waals surface area contributed by atoms with E-state index in [0.717, 1.165) is 30.4 Å². The van der Waals surface area contributed by atoms with E-state index in [1.165, 1.54) is 5.56 Å². The highest BCUT2D eigenvalue weighted by Crippen LogP contribution is 2.38. The Labute approximate surface area is 105 Å². The highest BCUT2D eigenvalue weighted by Gasteiger charge is 2.25. The second kappa shape index (κ2) is 3.91. The molecule has 0 spiro atoms. The van der Waals surface area contributed by atoms with E-state index in [1.54, 1.807) is 0 Å². The predicted octanol–water partition coefficient (Wildman–Crippen LogP) is 2.12. The van der Waals surface area contributed by atoms with Crippen molar-refractivity contribution < 1.29 is 9.21 Å². The Hall–Kier alpha value is -2.23. The molecule has 0 unspecified atom stereocenters. The maximum atomic E-state index is 11.3. The second-order valence-electron chi connectivity index (χ2n) is 4.53. The molecule has 4 N–H and O–H groups in total. The molecule has 0 fully saturated rings. The zero-order valence-electron chi connectivity index (χ0n) is 9.90. The average Bonchev–Trinajstić information content (AvgIpc) is 2.57. The van der Waals surface area contributed by atoms with Gasteiger partial charge in [0.25, 0.3) is 5.91 Å². The van der Waals surface area contributed by atoms with Crippen LogP contribution in [0.1, 0.15) is 28.1 Å². The molecule has 0 aliphatic heterocycles. The average molecular weight is 242 g/mol. The van der Waals surface area contributed by atoms with Gasteiger partial charge in [-0.3, -0.25) is 4.79 Å². The normalized spacial score (nSPS) is 13.6. The molecule has 1 aromatic heterocycles. The van der Waals surface area contributed by atoms with Crippen molar-refractivity contribution >= 4 is 11.6 Å². The summed E-state index contributed by atoms with van der Waals surface area (Å²) in [6, 6.07) is 8.03. The van der Waals surface area contributed by atoms with Gasteiger partial charge < -0.3 is 15.9 Å². The molecule has 1 aromatic carbocycles. The number of furan rings is 1. The number of carbonyl (C=O) groups excluding carboxylic acids is 1. The molecule has 4 heteroatoms. The van der Waals surface area contributed by atoms with Crippen LogP contribution in [0, 0.1) is 0 Å². The second-order valence-corrected chi connectivity index (χ2v) is 4.53. The summed E-state index contributed by atoms with van der Waals surface area (Å²) < 4.78 is 5.61. The number of rotatable bonds is 1. The quantitative estimate of drug-likeness (QED) is 0.803. The van der Waals surface area contributed by atoms with Crippen molar-refractivity contribution in [2.24, 2.45) is 5.73 Å². The fourth-order valence-electron chi connectivity index (χ4n) is 2.54. The van der Waals surface area contributed by atoms with Gasteiger partial charge in [-0.2, -0.15) is 0 Å². The molecular weight excluding hydrogens is 228 g/mol. The third-order valence-electron chi connectivity index (χ3n) is 3.41. The topological polar surface area (TPSA) is 82.2 Å². The standard InChI is InChI=1S/C14H14N2O2/c15-11-10-7-3-5-8-4-1-2-6-9(8)12(10)18-13(11)14(16)17/h1-2,4,6H,3,5,7,15H2,(H2,16,17). The summed E-state index contributed by atoms with van der Waals surface area (Å²) in [6.45, 7) is 0. The predicted molar refractivity (Wildman–Crippen MR) is 69.1 cm³/mol. The maximum Gasteiger partial charge on any atom is 0.286 e. The Morgan fingerprint density at radius 1 is 1.22 bits per heavy atom. The van der Waals surface area contributed by atoms with E-state index < -0.39 is 5.91 Å². The van der Waals surface area contributed by atoms with Crippen LogP contribution in [0.5, 0.6) is 0 Å². The van der Waals surface area contributed by atoms with Crippen LogP contribution < -0.4 is 11.5 Å². The van der Waals surface area contributed by atoms with E-state index >= 15 is 0 Å². The van der Waals surface area contributed by atoms with Gasteiger partial charge in [-0.15, -0.1) is 0 Å². The van der Waals surface area contributed by atoms with Gasteiger partial charge >= 0.3 is 0 Å². The Balaban J connectivity index is 2.27. The molecular formula is C14H14N2O2. The van der Waals surface area contributed by atoms with E-state index in [-0.39, 0.29) is 5.76 Å².